The van der Waals surface area contributed by atoms with Crippen molar-refractivity contribution < 1.29 is 4.79 Å². The second kappa shape index (κ2) is 3.92. The first kappa shape index (κ1) is 10.0. The number of hydrogen-bond donors (Lipinski definition) is 0. The van der Waals surface area contributed by atoms with Crippen LogP contribution in [0.25, 0.3) is 0 Å². The fraction of sp³-hybridized carbons (Fsp3) is 0.917. The van der Waals surface area contributed by atoms with Crippen LogP contribution < -0.4 is 0 Å². The molecule has 0 N–H and O–H groups in total. The van der Waals surface area contributed by atoms with Gasteiger partial charge in [0, 0.05) is 18.5 Å². The molecular formula is C12H21NO. The molecule has 2 heteroatoms. The van der Waals surface area contributed by atoms with E-state index in [0.29, 0.717) is 23.8 Å². The van der Waals surface area contributed by atoms with Crippen LogP contribution in [-0.4, -0.2) is 23.4 Å². The molecule has 2 nitrogen and oxygen atoms in total. The van der Waals surface area contributed by atoms with Crippen molar-refractivity contribution in [1.82, 2.24) is 4.90 Å². The highest BCUT2D eigenvalue weighted by atomic mass is 16.2. The molecule has 0 aromatic carbocycles. The van der Waals surface area contributed by atoms with Gasteiger partial charge in [-0.15, -0.1) is 0 Å². The molecule has 0 unspecified atom stereocenters. The Labute approximate surface area is 86.7 Å². The molecule has 0 bridgehead atoms. The molecule has 2 aliphatic carbocycles. The molecule has 80 valence electrons. The van der Waals surface area contributed by atoms with Gasteiger partial charge in [0.15, 0.2) is 0 Å². The molecule has 2 aliphatic rings. The maximum atomic E-state index is 11.9. The number of carbonyl (C=O) groups excluding carboxylic acids is 1. The lowest BCUT2D eigenvalue weighted by molar-refractivity contribution is -0.133. The SMILES string of the molecule is CC(C)CCN(C(=O)C1CC1)C1CC1. The van der Waals surface area contributed by atoms with Crippen molar-refractivity contribution in [2.45, 2.75) is 52.0 Å². The summed E-state index contributed by atoms with van der Waals surface area (Å²) < 4.78 is 0. The van der Waals surface area contributed by atoms with Crippen LogP contribution in [0.5, 0.6) is 0 Å². The first-order chi connectivity index (χ1) is 6.68. The van der Waals surface area contributed by atoms with Crippen molar-refractivity contribution in [3.05, 3.63) is 0 Å². The largest absolute Gasteiger partial charge is 0.339 e. The number of amides is 1. The van der Waals surface area contributed by atoms with E-state index in [9.17, 15) is 4.79 Å². The van der Waals surface area contributed by atoms with E-state index in [-0.39, 0.29) is 0 Å². The van der Waals surface area contributed by atoms with Crippen molar-refractivity contribution in [3.8, 4) is 0 Å². The van der Waals surface area contributed by atoms with Crippen molar-refractivity contribution in [2.75, 3.05) is 6.54 Å². The van der Waals surface area contributed by atoms with Crippen LogP contribution in [0, 0.1) is 11.8 Å². The summed E-state index contributed by atoms with van der Waals surface area (Å²) in [5.41, 5.74) is 0. The minimum atomic E-state index is 0.405. The summed E-state index contributed by atoms with van der Waals surface area (Å²) in [5.74, 6) is 1.57. The van der Waals surface area contributed by atoms with Gasteiger partial charge in [0.2, 0.25) is 5.91 Å². The molecule has 0 aromatic heterocycles. The summed E-state index contributed by atoms with van der Waals surface area (Å²) >= 11 is 0. The molecule has 1 amide bonds. The highest BCUT2D eigenvalue weighted by Gasteiger charge is 2.39. The molecule has 0 atom stereocenters. The summed E-state index contributed by atoms with van der Waals surface area (Å²) in [5, 5.41) is 0. The predicted octanol–water partition coefficient (Wildman–Crippen LogP) is 2.43. The monoisotopic (exact) mass is 195 g/mol. The average Bonchev–Trinajstić information content (AvgIpc) is 2.98. The summed E-state index contributed by atoms with van der Waals surface area (Å²) in [4.78, 5) is 14.1. The third-order valence-corrected chi connectivity index (χ3v) is 3.14. The number of carbonyl (C=O) groups is 1. The number of rotatable bonds is 5. The lowest BCUT2D eigenvalue weighted by atomic mass is 10.1. The Bertz CT molecular complexity index is 216. The van der Waals surface area contributed by atoms with Crippen LogP contribution in [0.1, 0.15) is 46.0 Å². The summed E-state index contributed by atoms with van der Waals surface area (Å²) in [6.45, 7) is 5.46. The van der Waals surface area contributed by atoms with E-state index in [4.69, 9.17) is 0 Å². The van der Waals surface area contributed by atoms with Crippen LogP contribution in [0.4, 0.5) is 0 Å². The van der Waals surface area contributed by atoms with Crippen molar-refractivity contribution >= 4 is 5.91 Å². The Balaban J connectivity index is 1.83. The highest BCUT2D eigenvalue weighted by Crippen LogP contribution is 2.36. The number of nitrogens with zero attached hydrogens (tertiary/aromatic N) is 1. The zero-order chi connectivity index (χ0) is 10.1. The van der Waals surface area contributed by atoms with Gasteiger partial charge in [-0.05, 0) is 38.0 Å². The topological polar surface area (TPSA) is 20.3 Å². The van der Waals surface area contributed by atoms with Crippen LogP contribution >= 0.6 is 0 Å². The van der Waals surface area contributed by atoms with Crippen LogP contribution in [0.2, 0.25) is 0 Å². The van der Waals surface area contributed by atoms with Gasteiger partial charge in [-0.25, -0.2) is 0 Å². The second-order valence-corrected chi connectivity index (χ2v) is 5.22. The zero-order valence-corrected chi connectivity index (χ0v) is 9.33. The molecule has 0 spiro atoms. The molecule has 0 saturated heterocycles. The molecular weight excluding hydrogens is 174 g/mol. The molecule has 2 rings (SSSR count). The van der Waals surface area contributed by atoms with Crippen LogP contribution in [0.3, 0.4) is 0 Å². The Morgan fingerprint density at radius 1 is 1.29 bits per heavy atom. The van der Waals surface area contributed by atoms with Gasteiger partial charge >= 0.3 is 0 Å². The molecule has 0 aliphatic heterocycles. The number of hydrogen-bond acceptors (Lipinski definition) is 1. The maximum absolute atomic E-state index is 11.9. The van der Waals surface area contributed by atoms with E-state index < -0.39 is 0 Å². The van der Waals surface area contributed by atoms with Gasteiger partial charge in [-0.3, -0.25) is 4.79 Å². The van der Waals surface area contributed by atoms with Crippen molar-refractivity contribution in [1.29, 1.82) is 0 Å². The highest BCUT2D eigenvalue weighted by molar-refractivity contribution is 5.81. The summed E-state index contributed by atoms with van der Waals surface area (Å²) in [7, 11) is 0. The van der Waals surface area contributed by atoms with E-state index in [1.54, 1.807) is 0 Å². The molecule has 0 heterocycles. The molecule has 2 fully saturated rings. The van der Waals surface area contributed by atoms with Crippen molar-refractivity contribution in [2.24, 2.45) is 11.8 Å². The molecule has 14 heavy (non-hydrogen) atoms. The second-order valence-electron chi connectivity index (χ2n) is 5.22. The third-order valence-electron chi connectivity index (χ3n) is 3.14. The van der Waals surface area contributed by atoms with E-state index in [1.807, 2.05) is 0 Å². The van der Waals surface area contributed by atoms with Crippen LogP contribution in [-0.2, 0) is 4.79 Å². The van der Waals surface area contributed by atoms with Gasteiger partial charge in [0.1, 0.15) is 0 Å². The molecule has 0 aromatic rings. The normalized spacial score (nSPS) is 21.4. The Morgan fingerprint density at radius 2 is 1.93 bits per heavy atom. The van der Waals surface area contributed by atoms with E-state index in [2.05, 4.69) is 18.7 Å². The van der Waals surface area contributed by atoms with Gasteiger partial charge in [0.05, 0.1) is 0 Å². The lowest BCUT2D eigenvalue weighted by Crippen LogP contribution is -2.35. The van der Waals surface area contributed by atoms with Gasteiger partial charge in [-0.1, -0.05) is 13.8 Å². The Kier molecular flexibility index (Phi) is 2.80. The minimum absolute atomic E-state index is 0.405. The summed E-state index contributed by atoms with van der Waals surface area (Å²) in [6.07, 6.45) is 5.94. The third kappa shape index (κ3) is 2.49. The maximum Gasteiger partial charge on any atom is 0.225 e. The quantitative estimate of drug-likeness (QED) is 0.660. The first-order valence-electron chi connectivity index (χ1n) is 5.99. The fourth-order valence-corrected chi connectivity index (χ4v) is 1.82. The molecule has 2 saturated carbocycles. The lowest BCUT2D eigenvalue weighted by Gasteiger charge is -2.23. The minimum Gasteiger partial charge on any atom is -0.339 e. The standard InChI is InChI=1S/C12H21NO/c1-9(2)7-8-13(11-5-6-11)12(14)10-3-4-10/h9-11H,3-8H2,1-2H3. The van der Waals surface area contributed by atoms with E-state index >= 15 is 0 Å². The Morgan fingerprint density at radius 3 is 2.36 bits per heavy atom. The van der Waals surface area contributed by atoms with Gasteiger partial charge < -0.3 is 4.90 Å². The van der Waals surface area contributed by atoms with E-state index in [1.165, 1.54) is 12.8 Å². The summed E-state index contributed by atoms with van der Waals surface area (Å²) in [6, 6.07) is 0.613. The predicted molar refractivity (Wildman–Crippen MR) is 56.9 cm³/mol. The Hall–Kier alpha value is -0.530. The molecule has 0 radical (unpaired) electrons. The first-order valence-corrected chi connectivity index (χ1v) is 5.99. The van der Waals surface area contributed by atoms with Crippen molar-refractivity contribution in [3.63, 3.8) is 0 Å². The van der Waals surface area contributed by atoms with E-state index in [0.717, 1.165) is 25.8 Å². The smallest absolute Gasteiger partial charge is 0.225 e. The zero-order valence-electron chi connectivity index (χ0n) is 9.33. The van der Waals surface area contributed by atoms with Gasteiger partial charge in [0.25, 0.3) is 0 Å². The average molecular weight is 195 g/mol. The fourth-order valence-electron chi connectivity index (χ4n) is 1.82. The van der Waals surface area contributed by atoms with Gasteiger partial charge in [-0.2, -0.15) is 0 Å². The van der Waals surface area contributed by atoms with Crippen LogP contribution in [0.15, 0.2) is 0 Å².